The van der Waals surface area contributed by atoms with Gasteiger partial charge in [0.05, 0.1) is 5.52 Å². The molecule has 18 heavy (non-hydrogen) atoms. The molecule has 0 spiro atoms. The monoisotopic (exact) mass is 248 g/mol. The van der Waals surface area contributed by atoms with Crippen molar-refractivity contribution in [2.45, 2.75) is 39.3 Å². The van der Waals surface area contributed by atoms with Gasteiger partial charge in [0.1, 0.15) is 0 Å². The number of fused-ring (bicyclic) bond motifs is 1. The van der Waals surface area contributed by atoms with Crippen LogP contribution in [0.15, 0.2) is 33.5 Å². The second kappa shape index (κ2) is 5.87. The maximum Gasteiger partial charge on any atom is 0.419 e. The van der Waals surface area contributed by atoms with Crippen LogP contribution in [0, 0.1) is 0 Å². The molecule has 0 atom stereocenters. The first-order valence-corrected chi connectivity index (χ1v) is 6.58. The highest BCUT2D eigenvalue weighted by molar-refractivity contribution is 5.72. The lowest BCUT2D eigenvalue weighted by Crippen LogP contribution is -2.32. The van der Waals surface area contributed by atoms with E-state index in [4.69, 9.17) is 4.42 Å². The summed E-state index contributed by atoms with van der Waals surface area (Å²) in [5.41, 5.74) is 1.53. The van der Waals surface area contributed by atoms with E-state index in [1.165, 1.54) is 0 Å². The standard InChI is InChI=1S/C14H20N2O2/c1-3-11(4-2)15-9-10-16-12-7-5-6-8-13(12)18-14(16)17/h5-8,11,15H,3-4,9-10H2,1-2H3. The Morgan fingerprint density at radius 3 is 2.72 bits per heavy atom. The lowest BCUT2D eigenvalue weighted by molar-refractivity contribution is 0.448. The van der Waals surface area contributed by atoms with E-state index in [-0.39, 0.29) is 5.76 Å². The molecular weight excluding hydrogens is 228 g/mol. The van der Waals surface area contributed by atoms with Gasteiger partial charge in [-0.15, -0.1) is 0 Å². The molecule has 0 aliphatic carbocycles. The van der Waals surface area contributed by atoms with Crippen molar-refractivity contribution in [2.24, 2.45) is 0 Å². The minimum absolute atomic E-state index is 0.275. The Hall–Kier alpha value is -1.55. The molecule has 0 aliphatic rings. The van der Waals surface area contributed by atoms with Crippen LogP contribution in [0.4, 0.5) is 0 Å². The van der Waals surface area contributed by atoms with Gasteiger partial charge in [0.2, 0.25) is 0 Å². The largest absolute Gasteiger partial charge is 0.419 e. The van der Waals surface area contributed by atoms with E-state index in [9.17, 15) is 4.79 Å². The van der Waals surface area contributed by atoms with E-state index >= 15 is 0 Å². The SMILES string of the molecule is CCC(CC)NCCn1c(=O)oc2ccccc21. The summed E-state index contributed by atoms with van der Waals surface area (Å²) < 4.78 is 6.87. The Morgan fingerprint density at radius 2 is 2.00 bits per heavy atom. The zero-order chi connectivity index (χ0) is 13.0. The summed E-state index contributed by atoms with van der Waals surface area (Å²) in [5, 5.41) is 3.45. The summed E-state index contributed by atoms with van der Waals surface area (Å²) in [7, 11) is 0. The van der Waals surface area contributed by atoms with Crippen LogP contribution < -0.4 is 11.1 Å². The normalized spacial score (nSPS) is 11.5. The summed E-state index contributed by atoms with van der Waals surface area (Å²) in [6.45, 7) is 5.77. The number of oxazole rings is 1. The van der Waals surface area contributed by atoms with Gasteiger partial charge < -0.3 is 9.73 Å². The van der Waals surface area contributed by atoms with Crippen molar-refractivity contribution in [1.82, 2.24) is 9.88 Å². The quantitative estimate of drug-likeness (QED) is 0.853. The van der Waals surface area contributed by atoms with Crippen LogP contribution >= 0.6 is 0 Å². The van der Waals surface area contributed by atoms with Crippen molar-refractivity contribution in [3.05, 3.63) is 34.8 Å². The number of hydrogen-bond acceptors (Lipinski definition) is 3. The van der Waals surface area contributed by atoms with E-state index in [1.807, 2.05) is 24.3 Å². The number of rotatable bonds is 6. The number of hydrogen-bond donors (Lipinski definition) is 1. The zero-order valence-electron chi connectivity index (χ0n) is 11.0. The van der Waals surface area contributed by atoms with Gasteiger partial charge in [-0.3, -0.25) is 4.57 Å². The fourth-order valence-corrected chi connectivity index (χ4v) is 2.18. The predicted molar refractivity (Wildman–Crippen MR) is 72.8 cm³/mol. The number of aromatic nitrogens is 1. The third kappa shape index (κ3) is 2.64. The Balaban J connectivity index is 2.08. The van der Waals surface area contributed by atoms with Crippen LogP contribution in [0.1, 0.15) is 26.7 Å². The molecule has 1 aromatic carbocycles. The molecule has 1 N–H and O–H groups in total. The molecule has 1 heterocycles. The van der Waals surface area contributed by atoms with Crippen molar-refractivity contribution < 1.29 is 4.42 Å². The zero-order valence-corrected chi connectivity index (χ0v) is 11.0. The van der Waals surface area contributed by atoms with Gasteiger partial charge in [-0.2, -0.15) is 0 Å². The molecule has 4 nitrogen and oxygen atoms in total. The Labute approximate surface area is 107 Å². The molecule has 0 saturated carbocycles. The molecule has 0 amide bonds. The molecule has 0 aliphatic heterocycles. The molecule has 98 valence electrons. The van der Waals surface area contributed by atoms with Crippen LogP contribution in [0.25, 0.3) is 11.1 Å². The maximum atomic E-state index is 11.7. The van der Waals surface area contributed by atoms with E-state index in [0.29, 0.717) is 18.2 Å². The Kier molecular flexibility index (Phi) is 4.20. The minimum atomic E-state index is -0.275. The second-order valence-corrected chi connectivity index (χ2v) is 4.45. The molecule has 2 aromatic rings. The second-order valence-electron chi connectivity index (χ2n) is 4.45. The molecule has 0 fully saturated rings. The number of nitrogens with zero attached hydrogens (tertiary/aromatic N) is 1. The molecule has 0 saturated heterocycles. The maximum absolute atomic E-state index is 11.7. The topological polar surface area (TPSA) is 47.2 Å². The molecule has 0 bridgehead atoms. The van der Waals surface area contributed by atoms with Gasteiger partial charge >= 0.3 is 5.76 Å². The summed E-state index contributed by atoms with van der Waals surface area (Å²) >= 11 is 0. The van der Waals surface area contributed by atoms with E-state index in [0.717, 1.165) is 24.9 Å². The first kappa shape index (κ1) is 12.9. The lowest BCUT2D eigenvalue weighted by atomic mass is 10.2. The molecule has 2 rings (SSSR count). The average Bonchev–Trinajstić information content (AvgIpc) is 2.71. The molecule has 4 heteroatoms. The molecule has 0 unspecified atom stereocenters. The highest BCUT2D eigenvalue weighted by Crippen LogP contribution is 2.11. The van der Waals surface area contributed by atoms with Gasteiger partial charge in [0.15, 0.2) is 5.58 Å². The third-order valence-electron chi connectivity index (χ3n) is 3.33. The first-order valence-electron chi connectivity index (χ1n) is 6.58. The van der Waals surface area contributed by atoms with Crippen LogP contribution in [0.2, 0.25) is 0 Å². The van der Waals surface area contributed by atoms with Crippen molar-refractivity contribution in [3.63, 3.8) is 0 Å². The summed E-state index contributed by atoms with van der Waals surface area (Å²) in [4.78, 5) is 11.7. The molecule has 0 radical (unpaired) electrons. The average molecular weight is 248 g/mol. The van der Waals surface area contributed by atoms with Gasteiger partial charge in [0.25, 0.3) is 0 Å². The van der Waals surface area contributed by atoms with Crippen molar-refractivity contribution >= 4 is 11.1 Å². The summed E-state index contributed by atoms with van der Waals surface area (Å²) in [6, 6.07) is 8.05. The van der Waals surface area contributed by atoms with Gasteiger partial charge in [-0.05, 0) is 25.0 Å². The van der Waals surface area contributed by atoms with Gasteiger partial charge in [0, 0.05) is 19.1 Å². The lowest BCUT2D eigenvalue weighted by Gasteiger charge is -2.14. The number of nitrogens with one attached hydrogen (secondary N) is 1. The minimum Gasteiger partial charge on any atom is -0.408 e. The van der Waals surface area contributed by atoms with Crippen LogP contribution in [-0.2, 0) is 6.54 Å². The highest BCUT2D eigenvalue weighted by atomic mass is 16.4. The molecule has 1 aromatic heterocycles. The summed E-state index contributed by atoms with van der Waals surface area (Å²) in [6.07, 6.45) is 2.22. The van der Waals surface area contributed by atoms with Gasteiger partial charge in [-0.1, -0.05) is 26.0 Å². The van der Waals surface area contributed by atoms with Crippen molar-refractivity contribution in [3.8, 4) is 0 Å². The Bertz CT molecular complexity index is 552. The van der Waals surface area contributed by atoms with Crippen molar-refractivity contribution in [2.75, 3.05) is 6.54 Å². The van der Waals surface area contributed by atoms with Gasteiger partial charge in [-0.25, -0.2) is 4.79 Å². The van der Waals surface area contributed by atoms with E-state index < -0.39 is 0 Å². The van der Waals surface area contributed by atoms with E-state index in [1.54, 1.807) is 4.57 Å². The fourth-order valence-electron chi connectivity index (χ4n) is 2.18. The predicted octanol–water partition coefficient (Wildman–Crippen LogP) is 2.37. The van der Waals surface area contributed by atoms with Crippen LogP contribution in [-0.4, -0.2) is 17.2 Å². The third-order valence-corrected chi connectivity index (χ3v) is 3.33. The van der Waals surface area contributed by atoms with Crippen molar-refractivity contribution in [1.29, 1.82) is 0 Å². The smallest absolute Gasteiger partial charge is 0.408 e. The summed E-state index contributed by atoms with van der Waals surface area (Å²) in [5.74, 6) is -0.275. The van der Waals surface area contributed by atoms with Crippen LogP contribution in [0.3, 0.4) is 0 Å². The number of benzene rings is 1. The number of para-hydroxylation sites is 2. The molecular formula is C14H20N2O2. The Morgan fingerprint density at radius 1 is 1.28 bits per heavy atom. The van der Waals surface area contributed by atoms with Crippen LogP contribution in [0.5, 0.6) is 0 Å². The fraction of sp³-hybridized carbons (Fsp3) is 0.500. The first-order chi connectivity index (χ1) is 8.76. The highest BCUT2D eigenvalue weighted by Gasteiger charge is 2.08. The van der Waals surface area contributed by atoms with E-state index in [2.05, 4.69) is 19.2 Å².